The van der Waals surface area contributed by atoms with Gasteiger partial charge in [-0.05, 0) is 31.0 Å². The Labute approximate surface area is 152 Å². The molecule has 2 aromatic heterocycles. The van der Waals surface area contributed by atoms with Crippen LogP contribution < -0.4 is 5.32 Å². The molecule has 0 aliphatic heterocycles. The van der Waals surface area contributed by atoms with Crippen molar-refractivity contribution in [1.29, 1.82) is 0 Å². The van der Waals surface area contributed by atoms with Gasteiger partial charge in [0.2, 0.25) is 5.91 Å². The number of aryl methyl sites for hydroxylation is 2. The first-order valence-corrected chi connectivity index (χ1v) is 9.26. The monoisotopic (exact) mass is 351 g/mol. The molecule has 4 nitrogen and oxygen atoms in total. The summed E-state index contributed by atoms with van der Waals surface area (Å²) >= 11 is 1.61. The van der Waals surface area contributed by atoms with Crippen molar-refractivity contribution < 1.29 is 4.79 Å². The van der Waals surface area contributed by atoms with Crippen LogP contribution in [0.5, 0.6) is 0 Å². The molecule has 0 aliphatic carbocycles. The number of thiazole rings is 1. The maximum atomic E-state index is 12.0. The first kappa shape index (κ1) is 17.3. The number of amides is 1. The Balaban J connectivity index is 1.41. The number of carbonyl (C=O) groups is 1. The zero-order valence-electron chi connectivity index (χ0n) is 14.2. The fraction of sp³-hybridized carbons (Fsp3) is 0.250. The van der Waals surface area contributed by atoms with Gasteiger partial charge in [0.05, 0.1) is 5.69 Å². The van der Waals surface area contributed by atoms with Crippen molar-refractivity contribution in [3.8, 4) is 10.6 Å². The molecule has 0 fully saturated rings. The smallest absolute Gasteiger partial charge is 0.220 e. The fourth-order valence-electron chi connectivity index (χ4n) is 2.47. The highest BCUT2D eigenvalue weighted by Crippen LogP contribution is 2.22. The number of hydrogen-bond donors (Lipinski definition) is 1. The Kier molecular flexibility index (Phi) is 5.90. The van der Waals surface area contributed by atoms with Gasteiger partial charge in [-0.3, -0.25) is 9.78 Å². The molecule has 0 bridgehead atoms. The van der Waals surface area contributed by atoms with Gasteiger partial charge >= 0.3 is 0 Å². The molecule has 1 N–H and O–H groups in total. The fourth-order valence-corrected chi connectivity index (χ4v) is 3.32. The minimum atomic E-state index is 0.0864. The molecule has 3 aromatic rings. The molecule has 0 saturated carbocycles. The van der Waals surface area contributed by atoms with Gasteiger partial charge in [0, 0.05) is 42.7 Å². The third-order valence-corrected chi connectivity index (χ3v) is 4.87. The van der Waals surface area contributed by atoms with Gasteiger partial charge in [-0.15, -0.1) is 11.3 Å². The second-order valence-electron chi connectivity index (χ2n) is 5.97. The minimum Gasteiger partial charge on any atom is -0.356 e. The number of rotatable bonds is 7. The van der Waals surface area contributed by atoms with E-state index < -0.39 is 0 Å². The molecule has 1 amide bonds. The summed E-state index contributed by atoms with van der Waals surface area (Å²) in [5.41, 5.74) is 4.46. The summed E-state index contributed by atoms with van der Waals surface area (Å²) in [5.74, 6) is 0.0864. The summed E-state index contributed by atoms with van der Waals surface area (Å²) in [7, 11) is 0. The topological polar surface area (TPSA) is 54.9 Å². The van der Waals surface area contributed by atoms with Crippen LogP contribution in [-0.2, 0) is 17.6 Å². The number of aromatic nitrogens is 2. The summed E-state index contributed by atoms with van der Waals surface area (Å²) in [6, 6.07) is 12.2. The van der Waals surface area contributed by atoms with Crippen LogP contribution in [0.2, 0.25) is 0 Å². The lowest BCUT2D eigenvalue weighted by molar-refractivity contribution is -0.121. The third-order valence-electron chi connectivity index (χ3n) is 3.92. The molecule has 25 heavy (non-hydrogen) atoms. The average molecular weight is 351 g/mol. The lowest BCUT2D eigenvalue weighted by atomic mass is 10.1. The summed E-state index contributed by atoms with van der Waals surface area (Å²) < 4.78 is 0. The first-order chi connectivity index (χ1) is 12.2. The Morgan fingerprint density at radius 1 is 1.16 bits per heavy atom. The molecule has 0 radical (unpaired) electrons. The van der Waals surface area contributed by atoms with Crippen LogP contribution in [0.1, 0.15) is 23.2 Å². The van der Waals surface area contributed by atoms with Gasteiger partial charge in [-0.25, -0.2) is 4.98 Å². The van der Waals surface area contributed by atoms with E-state index >= 15 is 0 Å². The molecular weight excluding hydrogens is 330 g/mol. The summed E-state index contributed by atoms with van der Waals surface area (Å²) in [5, 5.41) is 5.98. The van der Waals surface area contributed by atoms with Crippen molar-refractivity contribution in [2.24, 2.45) is 0 Å². The van der Waals surface area contributed by atoms with Gasteiger partial charge < -0.3 is 5.32 Å². The van der Waals surface area contributed by atoms with E-state index in [2.05, 4.69) is 46.5 Å². The zero-order chi connectivity index (χ0) is 17.5. The Hall–Kier alpha value is -2.53. The number of benzene rings is 1. The van der Waals surface area contributed by atoms with Gasteiger partial charge in [-0.2, -0.15) is 0 Å². The molecule has 3 rings (SSSR count). The van der Waals surface area contributed by atoms with E-state index in [-0.39, 0.29) is 5.91 Å². The molecule has 0 atom stereocenters. The van der Waals surface area contributed by atoms with Crippen molar-refractivity contribution in [2.45, 2.75) is 26.2 Å². The van der Waals surface area contributed by atoms with Crippen LogP contribution >= 0.6 is 11.3 Å². The second kappa shape index (κ2) is 8.53. The molecule has 0 aliphatic rings. The molecule has 5 heteroatoms. The molecule has 0 saturated heterocycles. The molecule has 0 unspecified atom stereocenters. The van der Waals surface area contributed by atoms with Gasteiger partial charge in [0.15, 0.2) is 0 Å². The van der Waals surface area contributed by atoms with Gasteiger partial charge in [0.25, 0.3) is 0 Å². The number of nitrogens with one attached hydrogen (secondary N) is 1. The van der Waals surface area contributed by atoms with Crippen LogP contribution in [0.15, 0.2) is 54.2 Å². The minimum absolute atomic E-state index is 0.0864. The highest BCUT2D eigenvalue weighted by molar-refractivity contribution is 7.13. The maximum absolute atomic E-state index is 12.0. The average Bonchev–Trinajstić information content (AvgIpc) is 3.11. The normalized spacial score (nSPS) is 10.6. The van der Waals surface area contributed by atoms with Crippen molar-refractivity contribution in [3.63, 3.8) is 0 Å². The van der Waals surface area contributed by atoms with E-state index in [1.165, 1.54) is 11.1 Å². The number of nitrogens with zero attached hydrogens (tertiary/aromatic N) is 2. The Morgan fingerprint density at radius 2 is 2.00 bits per heavy atom. The van der Waals surface area contributed by atoms with E-state index in [1.54, 1.807) is 17.5 Å². The number of carbonyl (C=O) groups excluding carboxylic acids is 1. The highest BCUT2D eigenvalue weighted by atomic mass is 32.1. The van der Waals surface area contributed by atoms with E-state index in [0.29, 0.717) is 13.0 Å². The third kappa shape index (κ3) is 5.22. The lowest BCUT2D eigenvalue weighted by Crippen LogP contribution is -2.25. The second-order valence-corrected chi connectivity index (χ2v) is 6.83. The molecule has 0 spiro atoms. The lowest BCUT2D eigenvalue weighted by Gasteiger charge is -2.05. The zero-order valence-corrected chi connectivity index (χ0v) is 15.1. The van der Waals surface area contributed by atoms with E-state index in [1.807, 2.05) is 23.7 Å². The van der Waals surface area contributed by atoms with Crippen LogP contribution in [0, 0.1) is 6.92 Å². The summed E-state index contributed by atoms with van der Waals surface area (Å²) in [6.45, 7) is 2.68. The summed E-state index contributed by atoms with van der Waals surface area (Å²) in [6.07, 6.45) is 5.60. The van der Waals surface area contributed by atoms with Crippen molar-refractivity contribution >= 4 is 17.2 Å². The van der Waals surface area contributed by atoms with Gasteiger partial charge in [0.1, 0.15) is 5.01 Å². The van der Waals surface area contributed by atoms with Crippen LogP contribution in [0.4, 0.5) is 0 Å². The highest BCUT2D eigenvalue weighted by Gasteiger charge is 2.06. The van der Waals surface area contributed by atoms with Crippen molar-refractivity contribution in [2.75, 3.05) is 6.54 Å². The Bertz CT molecular complexity index is 812. The standard InChI is InChI=1S/C20H21N3OS/c1-15-4-6-16(7-5-15)8-9-19(24)22-12-10-18-14-25-20(23-18)17-3-2-11-21-13-17/h2-7,11,13-14H,8-10,12H2,1H3,(H,22,24). The SMILES string of the molecule is Cc1ccc(CCC(=O)NCCc2csc(-c3cccnc3)n2)cc1. The number of pyridine rings is 1. The quantitative estimate of drug-likeness (QED) is 0.704. The predicted octanol–water partition coefficient (Wildman–Crippen LogP) is 3.81. The van der Waals surface area contributed by atoms with E-state index in [4.69, 9.17) is 0 Å². The van der Waals surface area contributed by atoms with Crippen LogP contribution in [0.3, 0.4) is 0 Å². The van der Waals surface area contributed by atoms with E-state index in [9.17, 15) is 4.79 Å². The number of hydrogen-bond acceptors (Lipinski definition) is 4. The largest absolute Gasteiger partial charge is 0.356 e. The van der Waals surface area contributed by atoms with E-state index in [0.717, 1.165) is 29.1 Å². The molecule has 1 aromatic carbocycles. The predicted molar refractivity (Wildman–Crippen MR) is 102 cm³/mol. The van der Waals surface area contributed by atoms with Gasteiger partial charge in [-0.1, -0.05) is 29.8 Å². The van der Waals surface area contributed by atoms with Crippen molar-refractivity contribution in [3.05, 3.63) is 71.0 Å². The molecule has 128 valence electrons. The molecule has 2 heterocycles. The molecular formula is C20H21N3OS. The van der Waals surface area contributed by atoms with Crippen LogP contribution in [0.25, 0.3) is 10.6 Å². The van der Waals surface area contributed by atoms with Crippen molar-refractivity contribution in [1.82, 2.24) is 15.3 Å². The summed E-state index contributed by atoms with van der Waals surface area (Å²) in [4.78, 5) is 20.7. The Morgan fingerprint density at radius 3 is 2.76 bits per heavy atom. The van der Waals surface area contributed by atoms with Crippen LogP contribution in [-0.4, -0.2) is 22.4 Å². The first-order valence-electron chi connectivity index (χ1n) is 8.38. The maximum Gasteiger partial charge on any atom is 0.220 e.